The van der Waals surface area contributed by atoms with Crippen LogP contribution in [0.5, 0.6) is 0 Å². The summed E-state index contributed by atoms with van der Waals surface area (Å²) in [7, 11) is 0. The molecule has 144 valence electrons. The van der Waals surface area contributed by atoms with Gasteiger partial charge < -0.3 is 4.57 Å². The SMILES string of the molecule is O=c1ccccn1CCN1CCCC1Cn1nc(-c2cccnc2)ccc1=O. The quantitative estimate of drug-likeness (QED) is 0.653. The summed E-state index contributed by atoms with van der Waals surface area (Å²) in [5, 5.41) is 4.56. The minimum Gasteiger partial charge on any atom is -0.314 e. The molecule has 4 rings (SSSR count). The molecule has 0 N–H and O–H groups in total. The first-order valence-corrected chi connectivity index (χ1v) is 9.59. The molecule has 0 saturated carbocycles. The normalized spacial score (nSPS) is 17.1. The molecule has 3 aromatic rings. The van der Waals surface area contributed by atoms with Crippen molar-refractivity contribution in [3.8, 4) is 11.3 Å². The van der Waals surface area contributed by atoms with E-state index in [4.69, 9.17) is 0 Å². The van der Waals surface area contributed by atoms with Crippen LogP contribution in [0.25, 0.3) is 11.3 Å². The van der Waals surface area contributed by atoms with E-state index in [-0.39, 0.29) is 17.2 Å². The van der Waals surface area contributed by atoms with Gasteiger partial charge in [0.25, 0.3) is 11.1 Å². The molecule has 28 heavy (non-hydrogen) atoms. The summed E-state index contributed by atoms with van der Waals surface area (Å²) in [6, 6.07) is 12.5. The van der Waals surface area contributed by atoms with Gasteiger partial charge in [-0.05, 0) is 43.7 Å². The zero-order valence-electron chi connectivity index (χ0n) is 15.6. The first-order valence-electron chi connectivity index (χ1n) is 9.59. The molecule has 0 radical (unpaired) electrons. The van der Waals surface area contributed by atoms with E-state index in [9.17, 15) is 9.59 Å². The second-order valence-corrected chi connectivity index (χ2v) is 7.04. The third-order valence-electron chi connectivity index (χ3n) is 5.23. The predicted octanol–water partition coefficient (Wildman–Crippen LogP) is 1.63. The maximum absolute atomic E-state index is 12.3. The molecule has 1 aliphatic rings. The van der Waals surface area contributed by atoms with E-state index in [1.807, 2.05) is 24.4 Å². The number of aromatic nitrogens is 4. The van der Waals surface area contributed by atoms with E-state index in [2.05, 4.69) is 15.0 Å². The van der Waals surface area contributed by atoms with Gasteiger partial charge in [-0.2, -0.15) is 5.10 Å². The standard InChI is InChI=1S/C21H23N5O2/c27-20-7-1-2-11-25(20)14-13-24-12-4-6-18(24)16-26-21(28)9-8-19(23-26)17-5-3-10-22-15-17/h1-3,5,7-11,15,18H,4,6,12-14,16H2. The molecule has 3 aromatic heterocycles. The Morgan fingerprint density at radius 1 is 1.00 bits per heavy atom. The van der Waals surface area contributed by atoms with Crippen molar-refractivity contribution >= 4 is 0 Å². The zero-order valence-corrected chi connectivity index (χ0v) is 15.6. The summed E-state index contributed by atoms with van der Waals surface area (Å²) in [4.78, 5) is 30.7. The van der Waals surface area contributed by atoms with Gasteiger partial charge >= 0.3 is 0 Å². The highest BCUT2D eigenvalue weighted by Crippen LogP contribution is 2.19. The lowest BCUT2D eigenvalue weighted by molar-refractivity contribution is 0.216. The van der Waals surface area contributed by atoms with E-state index in [1.165, 1.54) is 0 Å². The van der Waals surface area contributed by atoms with Gasteiger partial charge in [0.15, 0.2) is 0 Å². The molecule has 0 aromatic carbocycles. The smallest absolute Gasteiger partial charge is 0.266 e. The molecular formula is C21H23N5O2. The van der Waals surface area contributed by atoms with Gasteiger partial charge in [0.1, 0.15) is 0 Å². The Hall–Kier alpha value is -3.06. The van der Waals surface area contributed by atoms with Crippen molar-refractivity contribution in [2.45, 2.75) is 32.0 Å². The minimum atomic E-state index is -0.0984. The van der Waals surface area contributed by atoms with Crippen LogP contribution in [0.4, 0.5) is 0 Å². The lowest BCUT2D eigenvalue weighted by Crippen LogP contribution is -2.39. The number of nitrogens with zero attached hydrogens (tertiary/aromatic N) is 5. The molecule has 7 heteroatoms. The van der Waals surface area contributed by atoms with Crippen LogP contribution < -0.4 is 11.1 Å². The molecule has 0 amide bonds. The van der Waals surface area contributed by atoms with E-state index < -0.39 is 0 Å². The maximum atomic E-state index is 12.3. The fraction of sp³-hybridized carbons (Fsp3) is 0.333. The highest BCUT2D eigenvalue weighted by atomic mass is 16.1. The first-order chi connectivity index (χ1) is 13.7. The first kappa shape index (κ1) is 18.3. The van der Waals surface area contributed by atoms with Gasteiger partial charge in [-0.3, -0.25) is 19.5 Å². The Morgan fingerprint density at radius 3 is 2.75 bits per heavy atom. The Balaban J connectivity index is 1.48. The van der Waals surface area contributed by atoms with Crippen LogP contribution in [-0.4, -0.2) is 43.4 Å². The summed E-state index contributed by atoms with van der Waals surface area (Å²) in [6.07, 6.45) is 7.39. The van der Waals surface area contributed by atoms with Crippen LogP contribution in [0.2, 0.25) is 0 Å². The Morgan fingerprint density at radius 2 is 1.93 bits per heavy atom. The molecule has 0 aliphatic carbocycles. The van der Waals surface area contributed by atoms with Gasteiger partial charge in [-0.25, -0.2) is 4.68 Å². The number of hydrogen-bond donors (Lipinski definition) is 0. The predicted molar refractivity (Wildman–Crippen MR) is 107 cm³/mol. The number of rotatable bonds is 6. The molecule has 1 aliphatic heterocycles. The summed E-state index contributed by atoms with van der Waals surface area (Å²) < 4.78 is 3.28. The molecule has 1 atom stereocenters. The topological polar surface area (TPSA) is 73.0 Å². The van der Waals surface area contributed by atoms with Crippen molar-refractivity contribution < 1.29 is 0 Å². The second kappa shape index (κ2) is 8.31. The van der Waals surface area contributed by atoms with Gasteiger partial charge in [0.05, 0.1) is 12.2 Å². The molecule has 1 fully saturated rings. The van der Waals surface area contributed by atoms with Crippen molar-refractivity contribution in [2.24, 2.45) is 0 Å². The number of likely N-dealkylation sites (tertiary alicyclic amines) is 1. The monoisotopic (exact) mass is 377 g/mol. The van der Waals surface area contributed by atoms with Crippen molar-refractivity contribution in [2.75, 3.05) is 13.1 Å². The summed E-state index contributed by atoms with van der Waals surface area (Å²) in [5.74, 6) is 0. The van der Waals surface area contributed by atoms with Crippen LogP contribution in [0.3, 0.4) is 0 Å². The lowest BCUT2D eigenvalue weighted by atomic mass is 10.2. The van der Waals surface area contributed by atoms with Gasteiger partial charge in [-0.15, -0.1) is 0 Å². The Kier molecular flexibility index (Phi) is 5.43. The van der Waals surface area contributed by atoms with Crippen LogP contribution in [0, 0.1) is 0 Å². The van der Waals surface area contributed by atoms with E-state index in [0.29, 0.717) is 13.1 Å². The average Bonchev–Trinajstić information content (AvgIpc) is 3.17. The maximum Gasteiger partial charge on any atom is 0.266 e. The largest absolute Gasteiger partial charge is 0.314 e. The van der Waals surface area contributed by atoms with Crippen LogP contribution in [-0.2, 0) is 13.1 Å². The number of pyridine rings is 2. The highest BCUT2D eigenvalue weighted by Gasteiger charge is 2.25. The molecular weight excluding hydrogens is 354 g/mol. The summed E-state index contributed by atoms with van der Waals surface area (Å²) >= 11 is 0. The van der Waals surface area contributed by atoms with E-state index >= 15 is 0 Å². The Labute approximate surface area is 162 Å². The van der Waals surface area contributed by atoms with Crippen LogP contribution in [0.15, 0.2) is 70.6 Å². The van der Waals surface area contributed by atoms with Crippen molar-refractivity contribution in [1.82, 2.24) is 24.2 Å². The fourth-order valence-electron chi connectivity index (χ4n) is 3.73. The van der Waals surface area contributed by atoms with E-state index in [0.717, 1.165) is 37.2 Å². The van der Waals surface area contributed by atoms with Gasteiger partial charge in [-0.1, -0.05) is 6.07 Å². The molecule has 1 unspecified atom stereocenters. The van der Waals surface area contributed by atoms with E-state index in [1.54, 1.807) is 45.9 Å². The molecule has 7 nitrogen and oxygen atoms in total. The average molecular weight is 377 g/mol. The zero-order chi connectivity index (χ0) is 19.3. The summed E-state index contributed by atoms with van der Waals surface area (Å²) in [6.45, 7) is 2.96. The van der Waals surface area contributed by atoms with Crippen LogP contribution in [0.1, 0.15) is 12.8 Å². The Bertz CT molecular complexity index is 1040. The van der Waals surface area contributed by atoms with Crippen LogP contribution >= 0.6 is 0 Å². The molecule has 4 heterocycles. The summed E-state index contributed by atoms with van der Waals surface area (Å²) in [5.41, 5.74) is 1.55. The minimum absolute atomic E-state index is 0.0142. The van der Waals surface area contributed by atoms with Crippen molar-refractivity contribution in [1.29, 1.82) is 0 Å². The number of hydrogen-bond acceptors (Lipinski definition) is 5. The van der Waals surface area contributed by atoms with Gasteiger partial charge in [0.2, 0.25) is 0 Å². The molecule has 0 spiro atoms. The van der Waals surface area contributed by atoms with Gasteiger partial charge in [0, 0.05) is 55.4 Å². The second-order valence-electron chi connectivity index (χ2n) is 7.04. The molecule has 1 saturated heterocycles. The fourth-order valence-corrected chi connectivity index (χ4v) is 3.73. The third-order valence-corrected chi connectivity index (χ3v) is 5.23. The highest BCUT2D eigenvalue weighted by molar-refractivity contribution is 5.56. The lowest BCUT2D eigenvalue weighted by Gasteiger charge is -2.25. The van der Waals surface area contributed by atoms with Crippen molar-refractivity contribution in [3.05, 3.63) is 81.8 Å². The van der Waals surface area contributed by atoms with Crippen molar-refractivity contribution in [3.63, 3.8) is 0 Å². The molecule has 0 bridgehead atoms. The third kappa shape index (κ3) is 4.09.